The number of nitrogens with zero attached hydrogens (tertiary/aromatic N) is 6. The van der Waals surface area contributed by atoms with Crippen molar-refractivity contribution in [2.45, 2.75) is 69.9 Å². The Morgan fingerprint density at radius 3 is 2.47 bits per heavy atom. The molecule has 11 heteroatoms. The predicted octanol–water partition coefficient (Wildman–Crippen LogP) is 5.35. The Balaban J connectivity index is 0.993. The first kappa shape index (κ1) is 33.5. The Morgan fingerprint density at radius 2 is 1.73 bits per heavy atom. The molecule has 1 aliphatic carbocycles. The minimum atomic E-state index is -1.12. The molecule has 6 heterocycles. The molecule has 51 heavy (non-hydrogen) atoms. The van der Waals surface area contributed by atoms with Crippen molar-refractivity contribution in [2.75, 3.05) is 26.2 Å². The van der Waals surface area contributed by atoms with Gasteiger partial charge in [-0.25, -0.2) is 4.98 Å². The van der Waals surface area contributed by atoms with Crippen LogP contribution in [0.15, 0.2) is 72.0 Å². The van der Waals surface area contributed by atoms with Gasteiger partial charge in [-0.05, 0) is 80.7 Å². The first-order valence-electron chi connectivity index (χ1n) is 18.1. The number of hydrogen-bond acceptors (Lipinski definition) is 7. The molecule has 10 nitrogen and oxygen atoms in total. The number of benzene rings is 1. The third kappa shape index (κ3) is 6.31. The van der Waals surface area contributed by atoms with Crippen molar-refractivity contribution < 1.29 is 14.7 Å². The monoisotopic (exact) mass is 704 g/mol. The van der Waals surface area contributed by atoms with Crippen LogP contribution in [-0.4, -0.2) is 77.6 Å². The lowest BCUT2D eigenvalue weighted by Gasteiger charge is -2.43. The number of amides is 2. The molecule has 2 saturated heterocycles. The lowest BCUT2D eigenvalue weighted by atomic mass is 9.79. The van der Waals surface area contributed by atoms with E-state index in [2.05, 4.69) is 28.2 Å². The number of fused-ring (bicyclic) bond motifs is 2. The summed E-state index contributed by atoms with van der Waals surface area (Å²) in [5.41, 5.74) is 4.93. The maximum atomic E-state index is 14.4. The maximum Gasteiger partial charge on any atom is 0.264 e. The molecule has 1 aromatic carbocycles. The van der Waals surface area contributed by atoms with Crippen molar-refractivity contribution in [2.24, 2.45) is 13.0 Å². The molecule has 1 N–H and O–H groups in total. The smallest absolute Gasteiger partial charge is 0.264 e. The van der Waals surface area contributed by atoms with Gasteiger partial charge in [-0.2, -0.15) is 0 Å². The number of thiophene rings is 1. The fourth-order valence-corrected chi connectivity index (χ4v) is 9.76. The molecule has 2 fully saturated rings. The number of pyridine rings is 1. The molecule has 0 spiro atoms. The predicted molar refractivity (Wildman–Crippen MR) is 198 cm³/mol. The number of aliphatic hydroxyl groups is 1. The van der Waals surface area contributed by atoms with Crippen LogP contribution in [0.25, 0.3) is 21.5 Å². The Bertz CT molecular complexity index is 2150. The summed E-state index contributed by atoms with van der Waals surface area (Å²) in [5.74, 6) is -0.277. The molecule has 0 unspecified atom stereocenters. The molecular weight excluding hydrogens is 661 g/mol. The first-order chi connectivity index (χ1) is 24.7. The highest BCUT2D eigenvalue weighted by Crippen LogP contribution is 2.43. The Hall–Kier alpha value is -4.61. The van der Waals surface area contributed by atoms with Crippen LogP contribution in [0.3, 0.4) is 0 Å². The fraction of sp³-hybridized carbons (Fsp3) is 0.425. The van der Waals surface area contributed by atoms with Gasteiger partial charge in [0, 0.05) is 73.6 Å². The zero-order valence-electron chi connectivity index (χ0n) is 29.3. The Kier molecular flexibility index (Phi) is 8.88. The molecule has 3 aliphatic rings. The number of aromatic nitrogens is 4. The molecule has 2 amide bonds. The second-order valence-electron chi connectivity index (χ2n) is 14.7. The molecule has 8 rings (SSSR count). The quantitative estimate of drug-likeness (QED) is 0.255. The van der Waals surface area contributed by atoms with Gasteiger partial charge in [0.05, 0.1) is 22.4 Å². The average molecular weight is 705 g/mol. The minimum absolute atomic E-state index is 0.0674. The van der Waals surface area contributed by atoms with Gasteiger partial charge in [-0.15, -0.1) is 11.3 Å². The van der Waals surface area contributed by atoms with Crippen molar-refractivity contribution in [3.63, 3.8) is 0 Å². The Labute approximate surface area is 301 Å². The van der Waals surface area contributed by atoms with Gasteiger partial charge < -0.3 is 19.5 Å². The van der Waals surface area contributed by atoms with E-state index in [1.165, 1.54) is 22.0 Å². The second kappa shape index (κ2) is 13.5. The van der Waals surface area contributed by atoms with Crippen LogP contribution >= 0.6 is 11.3 Å². The van der Waals surface area contributed by atoms with Gasteiger partial charge in [0.15, 0.2) is 0 Å². The first-order valence-corrected chi connectivity index (χ1v) is 18.9. The summed E-state index contributed by atoms with van der Waals surface area (Å²) in [4.78, 5) is 56.7. The van der Waals surface area contributed by atoms with Gasteiger partial charge in [0.1, 0.15) is 12.0 Å². The molecule has 4 aromatic heterocycles. The van der Waals surface area contributed by atoms with Crippen molar-refractivity contribution in [3.05, 3.63) is 105 Å². The highest BCUT2D eigenvalue weighted by atomic mass is 32.1. The Morgan fingerprint density at radius 1 is 0.961 bits per heavy atom. The van der Waals surface area contributed by atoms with E-state index in [1.807, 2.05) is 54.2 Å². The number of hydrogen-bond donors (Lipinski definition) is 1. The van der Waals surface area contributed by atoms with E-state index < -0.39 is 5.60 Å². The third-order valence-electron chi connectivity index (χ3n) is 11.4. The SMILES string of the molecule is Cc1ccc(-c2sc(C(=O)N3CC[C@@H](C(=O)N4CCC(O)(Cn5cnc6c(ccn6C)c5=O)CC4)[C@H](c4ccccc4)C3)c3c2CCCC3)cn1. The largest absolute Gasteiger partial charge is 0.388 e. The number of piperidine rings is 2. The molecule has 2 atom stereocenters. The minimum Gasteiger partial charge on any atom is -0.388 e. The van der Waals surface area contributed by atoms with Crippen LogP contribution < -0.4 is 5.56 Å². The van der Waals surface area contributed by atoms with Crippen LogP contribution in [0.4, 0.5) is 0 Å². The summed E-state index contributed by atoms with van der Waals surface area (Å²) in [6, 6.07) is 16.0. The fourth-order valence-electron chi connectivity index (χ4n) is 8.40. The van der Waals surface area contributed by atoms with Crippen molar-refractivity contribution in [1.29, 1.82) is 0 Å². The lowest BCUT2D eigenvalue weighted by molar-refractivity contribution is -0.142. The number of aryl methyl sites for hydroxylation is 2. The van der Waals surface area contributed by atoms with E-state index >= 15 is 0 Å². The van der Waals surface area contributed by atoms with Gasteiger partial charge in [-0.1, -0.05) is 36.4 Å². The van der Waals surface area contributed by atoms with E-state index in [1.54, 1.807) is 28.2 Å². The zero-order valence-corrected chi connectivity index (χ0v) is 30.1. The number of rotatable bonds is 6. The standard InChI is InChI=1S/C40H44N6O4S/c1-26-12-13-28(22-41-26)34-29-10-6-7-11-30(29)35(51-34)39(49)45-19-15-31(33(23-45)27-8-4-3-5-9-27)37(47)44-20-16-40(50,17-21-44)24-46-25-42-36-32(38(46)48)14-18-43(36)2/h3-5,8-9,12-14,18,22,25,31,33,50H,6-7,10-11,15-17,19-21,23-24H2,1-2H3/t31-,33+/m1/s1. The van der Waals surface area contributed by atoms with Crippen molar-refractivity contribution in [1.82, 2.24) is 28.9 Å². The topological polar surface area (TPSA) is 114 Å². The summed E-state index contributed by atoms with van der Waals surface area (Å²) in [5, 5.41) is 12.1. The molecule has 0 bridgehead atoms. The molecule has 5 aromatic rings. The van der Waals surface area contributed by atoms with Crippen LogP contribution in [-0.2, 0) is 31.2 Å². The molecular formula is C40H44N6O4S. The van der Waals surface area contributed by atoms with Crippen LogP contribution in [0, 0.1) is 12.8 Å². The molecule has 264 valence electrons. The van der Waals surface area contributed by atoms with Crippen LogP contribution in [0.5, 0.6) is 0 Å². The average Bonchev–Trinajstić information content (AvgIpc) is 3.74. The van der Waals surface area contributed by atoms with Gasteiger partial charge >= 0.3 is 0 Å². The number of likely N-dealkylation sites (tertiary alicyclic amines) is 2. The zero-order chi connectivity index (χ0) is 35.3. The normalized spacial score (nSPS) is 20.4. The molecule has 2 aliphatic heterocycles. The molecule has 0 radical (unpaired) electrons. The van der Waals surface area contributed by atoms with Gasteiger partial charge in [0.25, 0.3) is 11.5 Å². The number of carbonyl (C=O) groups is 2. The third-order valence-corrected chi connectivity index (χ3v) is 12.7. The van der Waals surface area contributed by atoms with E-state index in [-0.39, 0.29) is 35.8 Å². The van der Waals surface area contributed by atoms with Crippen LogP contribution in [0.1, 0.15) is 70.1 Å². The van der Waals surface area contributed by atoms with E-state index in [0.717, 1.165) is 52.3 Å². The van der Waals surface area contributed by atoms with E-state index in [9.17, 15) is 19.5 Å². The van der Waals surface area contributed by atoms with E-state index in [4.69, 9.17) is 0 Å². The van der Waals surface area contributed by atoms with Crippen LogP contribution in [0.2, 0.25) is 0 Å². The lowest BCUT2D eigenvalue weighted by Crippen LogP contribution is -2.53. The summed E-state index contributed by atoms with van der Waals surface area (Å²) < 4.78 is 3.29. The summed E-state index contributed by atoms with van der Waals surface area (Å²) >= 11 is 1.61. The summed E-state index contributed by atoms with van der Waals surface area (Å²) in [7, 11) is 1.85. The summed E-state index contributed by atoms with van der Waals surface area (Å²) in [6.45, 7) is 3.92. The summed E-state index contributed by atoms with van der Waals surface area (Å²) in [6.07, 6.45) is 10.7. The van der Waals surface area contributed by atoms with Crippen molar-refractivity contribution in [3.8, 4) is 10.4 Å². The maximum absolute atomic E-state index is 14.4. The second-order valence-corrected chi connectivity index (χ2v) is 15.7. The van der Waals surface area contributed by atoms with E-state index in [0.29, 0.717) is 56.5 Å². The van der Waals surface area contributed by atoms with Crippen molar-refractivity contribution >= 4 is 34.2 Å². The van der Waals surface area contributed by atoms with Gasteiger partial charge in [-0.3, -0.25) is 23.9 Å². The highest BCUT2D eigenvalue weighted by molar-refractivity contribution is 7.17. The van der Waals surface area contributed by atoms with Gasteiger partial charge in [0.2, 0.25) is 5.91 Å². The highest BCUT2D eigenvalue weighted by Gasteiger charge is 2.42. The molecule has 0 saturated carbocycles. The number of carbonyl (C=O) groups excluding carboxylic acids is 2.